The minimum absolute atomic E-state index is 0.245. The number of benzene rings is 2. The van der Waals surface area contributed by atoms with Crippen molar-refractivity contribution < 1.29 is 14.1 Å². The molecule has 3 aromatic rings. The molecule has 1 amide bonds. The van der Waals surface area contributed by atoms with Gasteiger partial charge in [-0.15, -0.1) is 0 Å². The predicted octanol–water partition coefficient (Wildman–Crippen LogP) is 3.63. The number of aromatic nitrogens is 1. The quantitative estimate of drug-likeness (QED) is 0.746. The molecule has 0 bridgehead atoms. The molecule has 5 heteroatoms. The van der Waals surface area contributed by atoms with Crippen LogP contribution in [0, 0.1) is 6.92 Å². The van der Waals surface area contributed by atoms with Crippen LogP contribution < -0.4 is 10.1 Å². The predicted molar refractivity (Wildman–Crippen MR) is 95.7 cm³/mol. The zero-order valence-corrected chi connectivity index (χ0v) is 14.3. The molecule has 0 fully saturated rings. The molecule has 1 aromatic heterocycles. The van der Waals surface area contributed by atoms with E-state index in [2.05, 4.69) is 10.5 Å². The van der Waals surface area contributed by atoms with Crippen molar-refractivity contribution in [2.75, 3.05) is 13.7 Å². The van der Waals surface area contributed by atoms with Gasteiger partial charge in [0.05, 0.1) is 7.11 Å². The zero-order chi connectivity index (χ0) is 17.6. The summed E-state index contributed by atoms with van der Waals surface area (Å²) in [5.41, 5.74) is 3.41. The molecule has 0 saturated carbocycles. The Bertz CT molecular complexity index is 871. The van der Waals surface area contributed by atoms with Crippen molar-refractivity contribution in [1.82, 2.24) is 10.5 Å². The topological polar surface area (TPSA) is 64.4 Å². The number of carbonyl (C=O) groups is 1. The van der Waals surface area contributed by atoms with E-state index in [0.717, 1.165) is 22.4 Å². The summed E-state index contributed by atoms with van der Waals surface area (Å²) in [4.78, 5) is 12.2. The lowest BCUT2D eigenvalue weighted by Crippen LogP contribution is -2.25. The van der Waals surface area contributed by atoms with Crippen LogP contribution in [0.1, 0.15) is 21.6 Å². The van der Waals surface area contributed by atoms with E-state index in [-0.39, 0.29) is 11.6 Å². The number of nitrogens with zero attached hydrogens (tertiary/aromatic N) is 1. The van der Waals surface area contributed by atoms with Crippen molar-refractivity contribution in [2.45, 2.75) is 13.3 Å². The summed E-state index contributed by atoms with van der Waals surface area (Å²) in [5, 5.41) is 6.73. The fraction of sp³-hybridized carbons (Fsp3) is 0.200. The summed E-state index contributed by atoms with van der Waals surface area (Å²) in [5.74, 6) is 1.15. The molecule has 0 radical (unpaired) electrons. The fourth-order valence-electron chi connectivity index (χ4n) is 2.56. The monoisotopic (exact) mass is 336 g/mol. The van der Waals surface area contributed by atoms with Gasteiger partial charge in [-0.2, -0.15) is 0 Å². The molecular formula is C20H20N2O3. The number of carbonyl (C=O) groups excluding carboxylic acids is 1. The SMILES string of the molecule is COc1cccc(CCNC(=O)c2cc(-c3cccc(C)c3)on2)c1. The van der Waals surface area contributed by atoms with Gasteiger partial charge in [-0.05, 0) is 37.1 Å². The first kappa shape index (κ1) is 16.8. The van der Waals surface area contributed by atoms with E-state index in [1.807, 2.05) is 55.5 Å². The van der Waals surface area contributed by atoms with E-state index < -0.39 is 0 Å². The number of nitrogens with one attached hydrogen (secondary N) is 1. The van der Waals surface area contributed by atoms with E-state index in [1.165, 1.54) is 0 Å². The molecule has 0 atom stereocenters. The molecule has 0 saturated heterocycles. The molecule has 25 heavy (non-hydrogen) atoms. The van der Waals surface area contributed by atoms with Gasteiger partial charge in [0.2, 0.25) is 0 Å². The van der Waals surface area contributed by atoms with Crippen molar-refractivity contribution in [2.24, 2.45) is 0 Å². The van der Waals surface area contributed by atoms with Crippen LogP contribution in [-0.4, -0.2) is 24.7 Å². The van der Waals surface area contributed by atoms with Gasteiger partial charge in [0.25, 0.3) is 5.91 Å². The van der Waals surface area contributed by atoms with Crippen LogP contribution in [-0.2, 0) is 6.42 Å². The van der Waals surface area contributed by atoms with Crippen molar-refractivity contribution in [3.05, 3.63) is 71.4 Å². The van der Waals surface area contributed by atoms with Gasteiger partial charge in [-0.3, -0.25) is 4.79 Å². The van der Waals surface area contributed by atoms with Crippen molar-refractivity contribution >= 4 is 5.91 Å². The summed E-state index contributed by atoms with van der Waals surface area (Å²) in [6.45, 7) is 2.52. The summed E-state index contributed by atoms with van der Waals surface area (Å²) >= 11 is 0. The third kappa shape index (κ3) is 4.26. The minimum Gasteiger partial charge on any atom is -0.497 e. The van der Waals surface area contributed by atoms with Crippen LogP contribution in [0.2, 0.25) is 0 Å². The Morgan fingerprint density at radius 1 is 1.16 bits per heavy atom. The standard InChI is InChI=1S/C20H20N2O3/c1-14-5-3-7-16(11-14)19-13-18(22-25-19)20(23)21-10-9-15-6-4-8-17(12-15)24-2/h3-8,11-13H,9-10H2,1-2H3,(H,21,23). The van der Waals surface area contributed by atoms with Crippen LogP contribution in [0.4, 0.5) is 0 Å². The first-order chi connectivity index (χ1) is 12.2. The van der Waals surface area contributed by atoms with Crippen molar-refractivity contribution in [1.29, 1.82) is 0 Å². The number of aryl methyl sites for hydroxylation is 1. The smallest absolute Gasteiger partial charge is 0.273 e. The highest BCUT2D eigenvalue weighted by atomic mass is 16.5. The van der Waals surface area contributed by atoms with Crippen LogP contribution in [0.25, 0.3) is 11.3 Å². The minimum atomic E-state index is -0.245. The van der Waals surface area contributed by atoms with Crippen molar-refractivity contribution in [3.8, 4) is 17.1 Å². The molecule has 0 unspecified atom stereocenters. The molecule has 0 aliphatic heterocycles. The van der Waals surface area contributed by atoms with E-state index in [9.17, 15) is 4.79 Å². The Morgan fingerprint density at radius 2 is 2.00 bits per heavy atom. The lowest BCUT2D eigenvalue weighted by Gasteiger charge is -2.05. The molecule has 2 aromatic carbocycles. The Labute approximate surface area is 146 Å². The fourth-order valence-corrected chi connectivity index (χ4v) is 2.56. The van der Waals surface area contributed by atoms with Gasteiger partial charge < -0.3 is 14.6 Å². The Hall–Kier alpha value is -3.08. The Morgan fingerprint density at radius 3 is 2.80 bits per heavy atom. The van der Waals surface area contributed by atoms with E-state index in [1.54, 1.807) is 13.2 Å². The molecule has 1 N–H and O–H groups in total. The second-order valence-electron chi connectivity index (χ2n) is 5.80. The average Bonchev–Trinajstić information content (AvgIpc) is 3.12. The first-order valence-corrected chi connectivity index (χ1v) is 8.10. The maximum absolute atomic E-state index is 12.2. The van der Waals surface area contributed by atoms with Crippen LogP contribution in [0.15, 0.2) is 59.1 Å². The highest BCUT2D eigenvalue weighted by Gasteiger charge is 2.13. The summed E-state index contributed by atoms with van der Waals surface area (Å²) in [6, 6.07) is 17.3. The van der Waals surface area contributed by atoms with Crippen LogP contribution in [0.3, 0.4) is 0 Å². The number of hydrogen-bond donors (Lipinski definition) is 1. The van der Waals surface area contributed by atoms with E-state index >= 15 is 0 Å². The van der Waals surface area contributed by atoms with Gasteiger partial charge in [0, 0.05) is 18.2 Å². The van der Waals surface area contributed by atoms with Crippen molar-refractivity contribution in [3.63, 3.8) is 0 Å². The molecule has 0 spiro atoms. The molecular weight excluding hydrogens is 316 g/mol. The normalized spacial score (nSPS) is 10.5. The van der Waals surface area contributed by atoms with E-state index in [0.29, 0.717) is 18.7 Å². The average molecular weight is 336 g/mol. The molecule has 128 valence electrons. The largest absolute Gasteiger partial charge is 0.497 e. The number of hydrogen-bond acceptors (Lipinski definition) is 4. The number of amides is 1. The summed E-state index contributed by atoms with van der Waals surface area (Å²) in [7, 11) is 1.64. The van der Waals surface area contributed by atoms with Gasteiger partial charge in [0.1, 0.15) is 5.75 Å². The second-order valence-corrected chi connectivity index (χ2v) is 5.80. The molecule has 5 nitrogen and oxygen atoms in total. The first-order valence-electron chi connectivity index (χ1n) is 8.10. The van der Waals surface area contributed by atoms with Crippen LogP contribution in [0.5, 0.6) is 5.75 Å². The highest BCUT2D eigenvalue weighted by molar-refractivity contribution is 5.93. The number of rotatable bonds is 6. The number of ether oxygens (including phenoxy) is 1. The second kappa shape index (κ2) is 7.66. The molecule has 3 rings (SSSR count). The van der Waals surface area contributed by atoms with Gasteiger partial charge >= 0.3 is 0 Å². The Kier molecular flexibility index (Phi) is 5.14. The Balaban J connectivity index is 1.58. The lowest BCUT2D eigenvalue weighted by molar-refractivity contribution is 0.0945. The van der Waals surface area contributed by atoms with Gasteiger partial charge in [-0.25, -0.2) is 0 Å². The third-order valence-corrected chi connectivity index (χ3v) is 3.88. The summed E-state index contributed by atoms with van der Waals surface area (Å²) < 4.78 is 10.5. The third-order valence-electron chi connectivity index (χ3n) is 3.88. The van der Waals surface area contributed by atoms with Gasteiger partial charge in [0.15, 0.2) is 11.5 Å². The maximum atomic E-state index is 12.2. The molecule has 1 heterocycles. The molecule has 0 aliphatic carbocycles. The van der Waals surface area contributed by atoms with Crippen LogP contribution >= 0.6 is 0 Å². The van der Waals surface area contributed by atoms with E-state index in [4.69, 9.17) is 9.26 Å². The lowest BCUT2D eigenvalue weighted by atomic mass is 10.1. The zero-order valence-electron chi connectivity index (χ0n) is 14.3. The highest BCUT2D eigenvalue weighted by Crippen LogP contribution is 2.21. The molecule has 0 aliphatic rings. The van der Waals surface area contributed by atoms with Gasteiger partial charge in [-0.1, -0.05) is 41.1 Å². The number of methoxy groups -OCH3 is 1. The summed E-state index contributed by atoms with van der Waals surface area (Å²) in [6.07, 6.45) is 0.714. The maximum Gasteiger partial charge on any atom is 0.273 e.